The van der Waals surface area contributed by atoms with E-state index in [1.54, 1.807) is 0 Å². The Hall–Kier alpha value is -1.26. The maximum Gasteiger partial charge on any atom is 0.329 e. The molecule has 1 saturated heterocycles. The quantitative estimate of drug-likeness (QED) is 0.807. The van der Waals surface area contributed by atoms with Crippen molar-refractivity contribution in [3.05, 3.63) is 0 Å². The molecule has 2 unspecified atom stereocenters. The van der Waals surface area contributed by atoms with Crippen molar-refractivity contribution in [3.63, 3.8) is 0 Å². The number of urea groups is 1. The van der Waals surface area contributed by atoms with Gasteiger partial charge in [0.25, 0.3) is 0 Å². The number of carbonyl (C=O) groups is 2. The third-order valence-corrected chi connectivity index (χ3v) is 4.64. The smallest absolute Gasteiger partial charge is 0.329 e. The first-order valence-electron chi connectivity index (χ1n) is 7.30. The van der Waals surface area contributed by atoms with Gasteiger partial charge in [0, 0.05) is 12.1 Å². The summed E-state index contributed by atoms with van der Waals surface area (Å²) in [6, 6.07) is 0.177. The van der Waals surface area contributed by atoms with Gasteiger partial charge < -0.3 is 15.3 Å². The minimum atomic E-state index is -1.03. The number of rotatable bonds is 2. The summed E-state index contributed by atoms with van der Waals surface area (Å²) in [5.41, 5.74) is -1.03. The highest BCUT2D eigenvalue weighted by atomic mass is 16.4. The lowest BCUT2D eigenvalue weighted by molar-refractivity contribution is -0.144. The van der Waals surface area contributed by atoms with Crippen LogP contribution in [0.1, 0.15) is 58.8 Å². The van der Waals surface area contributed by atoms with Gasteiger partial charge in [-0.25, -0.2) is 9.59 Å². The number of aliphatic carboxylic acids is 1. The molecule has 0 aromatic rings. The Balaban J connectivity index is 2.08. The van der Waals surface area contributed by atoms with Gasteiger partial charge in [0.15, 0.2) is 0 Å². The number of amides is 2. The minimum absolute atomic E-state index is 0.191. The summed E-state index contributed by atoms with van der Waals surface area (Å²) in [7, 11) is 0. The van der Waals surface area contributed by atoms with Gasteiger partial charge in [-0.2, -0.15) is 0 Å². The van der Waals surface area contributed by atoms with Crippen molar-refractivity contribution < 1.29 is 14.7 Å². The van der Waals surface area contributed by atoms with Crippen molar-refractivity contribution in [3.8, 4) is 0 Å². The third-order valence-electron chi connectivity index (χ3n) is 4.64. The van der Waals surface area contributed by atoms with Gasteiger partial charge >= 0.3 is 12.0 Å². The molecule has 1 saturated carbocycles. The highest BCUT2D eigenvalue weighted by molar-refractivity contribution is 5.86. The predicted molar refractivity (Wildman–Crippen MR) is 72.0 cm³/mol. The number of likely N-dealkylation sites (tertiary alicyclic amines) is 1. The fraction of sp³-hybridized carbons (Fsp3) is 0.857. The lowest BCUT2D eigenvalue weighted by Crippen LogP contribution is -2.60. The molecule has 2 aliphatic rings. The van der Waals surface area contributed by atoms with Crippen molar-refractivity contribution in [1.29, 1.82) is 0 Å². The Bertz CT molecular complexity index is 354. The molecule has 1 aliphatic heterocycles. The van der Waals surface area contributed by atoms with Crippen molar-refractivity contribution in [1.82, 2.24) is 10.2 Å². The van der Waals surface area contributed by atoms with Crippen LogP contribution in [0, 0.1) is 0 Å². The lowest BCUT2D eigenvalue weighted by Gasteiger charge is -2.40. The van der Waals surface area contributed by atoms with Crippen molar-refractivity contribution in [2.45, 2.75) is 76.4 Å². The van der Waals surface area contributed by atoms with Gasteiger partial charge in [0.2, 0.25) is 0 Å². The van der Waals surface area contributed by atoms with Crippen LogP contribution in [0.5, 0.6) is 0 Å². The average molecular weight is 268 g/mol. The summed E-state index contributed by atoms with van der Waals surface area (Å²) < 4.78 is 0. The Kier molecular flexibility index (Phi) is 4.02. The summed E-state index contributed by atoms with van der Waals surface area (Å²) in [5.74, 6) is -0.893. The summed E-state index contributed by atoms with van der Waals surface area (Å²) in [5, 5.41) is 12.2. The maximum atomic E-state index is 12.4. The first-order valence-corrected chi connectivity index (χ1v) is 7.30. The Morgan fingerprint density at radius 3 is 2.11 bits per heavy atom. The molecule has 2 N–H and O–H groups in total. The summed E-state index contributed by atoms with van der Waals surface area (Å²) >= 11 is 0. The van der Waals surface area contributed by atoms with Crippen LogP contribution in [-0.4, -0.2) is 39.6 Å². The molecule has 0 bridgehead atoms. The number of carbonyl (C=O) groups excluding carboxylic acids is 1. The molecule has 19 heavy (non-hydrogen) atoms. The zero-order valence-corrected chi connectivity index (χ0v) is 11.8. The minimum Gasteiger partial charge on any atom is -0.480 e. The van der Waals surface area contributed by atoms with Crippen LogP contribution in [0.4, 0.5) is 4.79 Å². The van der Waals surface area contributed by atoms with Crippen LogP contribution in [0.15, 0.2) is 0 Å². The topological polar surface area (TPSA) is 69.6 Å². The number of hydrogen-bond acceptors (Lipinski definition) is 2. The maximum absolute atomic E-state index is 12.4. The van der Waals surface area contributed by atoms with Gasteiger partial charge in [-0.15, -0.1) is 0 Å². The fourth-order valence-electron chi connectivity index (χ4n) is 3.46. The van der Waals surface area contributed by atoms with Crippen LogP contribution in [-0.2, 0) is 4.79 Å². The molecule has 108 valence electrons. The highest BCUT2D eigenvalue weighted by Crippen LogP contribution is 2.31. The van der Waals surface area contributed by atoms with Gasteiger partial charge in [-0.1, -0.05) is 12.8 Å². The molecule has 0 radical (unpaired) electrons. The second kappa shape index (κ2) is 5.39. The lowest BCUT2D eigenvalue weighted by atomic mass is 9.96. The van der Waals surface area contributed by atoms with Crippen LogP contribution >= 0.6 is 0 Å². The third kappa shape index (κ3) is 2.69. The Morgan fingerprint density at radius 1 is 1.11 bits per heavy atom. The first-order chi connectivity index (χ1) is 8.96. The number of carboxylic acids is 1. The zero-order chi connectivity index (χ0) is 14.0. The standard InChI is InChI=1S/C14H24N2O3/c1-10-6-5-7-11(2)16(10)13(19)15-14(12(17)18)8-3-4-9-14/h10-11H,3-9H2,1-2H3,(H,15,19)(H,17,18). The molecule has 2 fully saturated rings. The predicted octanol–water partition coefficient (Wildman–Crippen LogP) is 2.36. The van der Waals surface area contributed by atoms with Gasteiger partial charge in [0.05, 0.1) is 0 Å². The highest BCUT2D eigenvalue weighted by Gasteiger charge is 2.44. The van der Waals surface area contributed by atoms with Crippen LogP contribution in [0.2, 0.25) is 0 Å². The first kappa shape index (κ1) is 14.2. The van der Waals surface area contributed by atoms with E-state index in [-0.39, 0.29) is 18.1 Å². The second-order valence-corrected chi connectivity index (χ2v) is 6.06. The molecule has 5 heteroatoms. The van der Waals surface area contributed by atoms with E-state index in [2.05, 4.69) is 5.32 Å². The monoisotopic (exact) mass is 268 g/mol. The van der Waals surface area contributed by atoms with E-state index in [0.29, 0.717) is 12.8 Å². The Labute approximate surface area is 114 Å². The molecule has 1 heterocycles. The fourth-order valence-corrected chi connectivity index (χ4v) is 3.46. The van der Waals surface area contributed by atoms with E-state index in [0.717, 1.165) is 32.1 Å². The van der Waals surface area contributed by atoms with Crippen LogP contribution < -0.4 is 5.32 Å². The molecule has 2 amide bonds. The van der Waals surface area contributed by atoms with E-state index in [1.165, 1.54) is 0 Å². The SMILES string of the molecule is CC1CCCC(C)N1C(=O)NC1(C(=O)O)CCCC1. The molecule has 2 atom stereocenters. The normalized spacial score (nSPS) is 30.1. The largest absolute Gasteiger partial charge is 0.480 e. The molecular formula is C14H24N2O3. The summed E-state index contributed by atoms with van der Waals surface area (Å²) in [4.78, 5) is 25.7. The summed E-state index contributed by atoms with van der Waals surface area (Å²) in [6.07, 6.45) is 5.97. The molecular weight excluding hydrogens is 244 g/mol. The number of piperidine rings is 1. The van der Waals surface area contributed by atoms with E-state index < -0.39 is 11.5 Å². The van der Waals surface area contributed by atoms with E-state index >= 15 is 0 Å². The number of hydrogen-bond donors (Lipinski definition) is 2. The van der Waals surface area contributed by atoms with Crippen molar-refractivity contribution >= 4 is 12.0 Å². The molecule has 5 nitrogen and oxygen atoms in total. The molecule has 0 aromatic heterocycles. The molecule has 0 spiro atoms. The summed E-state index contributed by atoms with van der Waals surface area (Å²) in [6.45, 7) is 4.08. The van der Waals surface area contributed by atoms with Crippen molar-refractivity contribution in [2.75, 3.05) is 0 Å². The van der Waals surface area contributed by atoms with E-state index in [1.807, 2.05) is 18.7 Å². The van der Waals surface area contributed by atoms with Crippen molar-refractivity contribution in [2.24, 2.45) is 0 Å². The van der Waals surface area contributed by atoms with Crippen LogP contribution in [0.3, 0.4) is 0 Å². The van der Waals surface area contributed by atoms with E-state index in [4.69, 9.17) is 0 Å². The Morgan fingerprint density at radius 2 is 1.63 bits per heavy atom. The number of carboxylic acid groups (broad SMARTS) is 1. The second-order valence-electron chi connectivity index (χ2n) is 6.06. The van der Waals surface area contributed by atoms with Crippen LogP contribution in [0.25, 0.3) is 0 Å². The van der Waals surface area contributed by atoms with E-state index in [9.17, 15) is 14.7 Å². The number of nitrogens with zero attached hydrogens (tertiary/aromatic N) is 1. The zero-order valence-electron chi connectivity index (χ0n) is 11.8. The van der Waals surface area contributed by atoms with Gasteiger partial charge in [0.1, 0.15) is 5.54 Å². The molecule has 1 aliphatic carbocycles. The van der Waals surface area contributed by atoms with Gasteiger partial charge in [-0.05, 0) is 46.0 Å². The average Bonchev–Trinajstić information content (AvgIpc) is 2.78. The van der Waals surface area contributed by atoms with Gasteiger partial charge in [-0.3, -0.25) is 0 Å². The number of nitrogens with one attached hydrogen (secondary N) is 1. The molecule has 0 aromatic carbocycles. The molecule has 2 rings (SSSR count).